The number of aryl methyl sites for hydroxylation is 1. The van der Waals surface area contributed by atoms with Crippen molar-refractivity contribution < 1.29 is 14.4 Å². The van der Waals surface area contributed by atoms with E-state index in [4.69, 9.17) is 9.47 Å². The summed E-state index contributed by atoms with van der Waals surface area (Å²) in [6, 6.07) is 4.48. The molecule has 2 aromatic rings. The summed E-state index contributed by atoms with van der Waals surface area (Å²) < 4.78 is 13.4. The van der Waals surface area contributed by atoms with Gasteiger partial charge in [-0.3, -0.25) is 14.9 Å². The second-order valence-corrected chi connectivity index (χ2v) is 7.87. The number of nitro benzene ring substituents is 1. The maximum absolute atomic E-state index is 13.2. The van der Waals surface area contributed by atoms with E-state index >= 15 is 0 Å². The minimum Gasteiger partial charge on any atom is -0.485 e. The lowest BCUT2D eigenvalue weighted by atomic mass is 10.1. The molecule has 2 rings (SSSR count). The molecule has 1 aromatic carbocycles. The standard InChI is InChI=1S/C24H34N2O5/c1-5-7-8-9-10-11-15-30-23-22(31-16-14-18(3)4)20-13-12-19(26(28)29)17-21(20)25(6-2)24(23)27/h12-14,17H,5-11,15-16H2,1-4H3. The molecule has 1 heterocycles. The third-order valence-corrected chi connectivity index (χ3v) is 5.15. The van der Waals surface area contributed by atoms with E-state index in [-0.39, 0.29) is 23.6 Å². The van der Waals surface area contributed by atoms with Crippen LogP contribution in [0.5, 0.6) is 11.5 Å². The number of ether oxygens (including phenoxy) is 2. The molecule has 0 aliphatic rings. The Morgan fingerprint density at radius 1 is 1.06 bits per heavy atom. The molecule has 0 amide bonds. The van der Waals surface area contributed by atoms with Gasteiger partial charge >= 0.3 is 0 Å². The van der Waals surface area contributed by atoms with Crippen LogP contribution >= 0.6 is 0 Å². The summed E-state index contributed by atoms with van der Waals surface area (Å²) in [6.45, 7) is 9.05. The average molecular weight is 431 g/mol. The van der Waals surface area contributed by atoms with Crippen LogP contribution in [0.2, 0.25) is 0 Å². The molecule has 0 aliphatic heterocycles. The van der Waals surface area contributed by atoms with E-state index in [1.807, 2.05) is 26.8 Å². The van der Waals surface area contributed by atoms with E-state index in [2.05, 4.69) is 6.92 Å². The summed E-state index contributed by atoms with van der Waals surface area (Å²) in [5, 5.41) is 11.9. The van der Waals surface area contributed by atoms with Gasteiger partial charge in [0, 0.05) is 24.1 Å². The second kappa shape index (κ2) is 12.1. The summed E-state index contributed by atoms with van der Waals surface area (Å²) in [5.74, 6) is 0.530. The van der Waals surface area contributed by atoms with Gasteiger partial charge in [-0.25, -0.2) is 0 Å². The number of pyridine rings is 1. The molecule has 0 aliphatic carbocycles. The van der Waals surface area contributed by atoms with E-state index in [0.29, 0.717) is 29.8 Å². The number of unbranched alkanes of at least 4 members (excludes halogenated alkanes) is 5. The fourth-order valence-corrected chi connectivity index (χ4v) is 3.43. The molecular formula is C24H34N2O5. The molecule has 0 atom stereocenters. The Balaban J connectivity index is 2.41. The SMILES string of the molecule is CCCCCCCCOc1c(OCC=C(C)C)c2ccc([N+](=O)[O-])cc2n(CC)c1=O. The van der Waals surface area contributed by atoms with E-state index in [1.165, 1.54) is 36.0 Å². The first kappa shape index (κ1) is 24.4. The molecule has 0 radical (unpaired) electrons. The van der Waals surface area contributed by atoms with Gasteiger partial charge in [-0.05, 0) is 39.3 Å². The maximum atomic E-state index is 13.2. The Labute approximate surface area is 183 Å². The number of fused-ring (bicyclic) bond motifs is 1. The van der Waals surface area contributed by atoms with Gasteiger partial charge in [0.15, 0.2) is 5.75 Å². The fraction of sp³-hybridized carbons (Fsp3) is 0.542. The van der Waals surface area contributed by atoms with Gasteiger partial charge < -0.3 is 14.0 Å². The fourth-order valence-electron chi connectivity index (χ4n) is 3.43. The Hall–Kier alpha value is -2.83. The van der Waals surface area contributed by atoms with Crippen LogP contribution in [0.3, 0.4) is 0 Å². The first-order valence-corrected chi connectivity index (χ1v) is 11.1. The number of aromatic nitrogens is 1. The van der Waals surface area contributed by atoms with Crippen LogP contribution in [-0.2, 0) is 6.54 Å². The van der Waals surface area contributed by atoms with Crippen molar-refractivity contribution in [3.8, 4) is 11.5 Å². The van der Waals surface area contributed by atoms with Crippen molar-refractivity contribution in [3.63, 3.8) is 0 Å². The van der Waals surface area contributed by atoms with E-state index < -0.39 is 4.92 Å². The lowest BCUT2D eigenvalue weighted by Crippen LogP contribution is -2.23. The predicted molar refractivity (Wildman–Crippen MR) is 124 cm³/mol. The number of nitro groups is 1. The van der Waals surface area contributed by atoms with E-state index in [0.717, 1.165) is 24.8 Å². The van der Waals surface area contributed by atoms with Crippen molar-refractivity contribution in [2.24, 2.45) is 0 Å². The van der Waals surface area contributed by atoms with Crippen molar-refractivity contribution in [1.29, 1.82) is 0 Å². The zero-order chi connectivity index (χ0) is 22.8. The molecule has 0 unspecified atom stereocenters. The third kappa shape index (κ3) is 6.57. The van der Waals surface area contributed by atoms with Gasteiger partial charge in [0.25, 0.3) is 11.2 Å². The molecule has 0 N–H and O–H groups in total. The summed E-state index contributed by atoms with van der Waals surface area (Å²) in [6.07, 6.45) is 8.64. The number of benzene rings is 1. The van der Waals surface area contributed by atoms with E-state index in [1.54, 1.807) is 6.07 Å². The Morgan fingerprint density at radius 2 is 1.77 bits per heavy atom. The first-order chi connectivity index (χ1) is 14.9. The highest BCUT2D eigenvalue weighted by Crippen LogP contribution is 2.35. The van der Waals surface area contributed by atoms with Gasteiger partial charge in [-0.2, -0.15) is 0 Å². The molecule has 7 nitrogen and oxygen atoms in total. The van der Waals surface area contributed by atoms with Gasteiger partial charge in [0.1, 0.15) is 6.61 Å². The number of allylic oxidation sites excluding steroid dienone is 1. The topological polar surface area (TPSA) is 83.6 Å². The molecule has 31 heavy (non-hydrogen) atoms. The van der Waals surface area contributed by atoms with Gasteiger partial charge in [0.05, 0.1) is 17.0 Å². The predicted octanol–water partition coefficient (Wildman–Crippen LogP) is 6.01. The van der Waals surface area contributed by atoms with Gasteiger partial charge in [-0.15, -0.1) is 0 Å². The minimum atomic E-state index is -0.462. The van der Waals surface area contributed by atoms with Gasteiger partial charge in [0.2, 0.25) is 5.75 Å². The largest absolute Gasteiger partial charge is 0.485 e. The average Bonchev–Trinajstić information content (AvgIpc) is 2.74. The van der Waals surface area contributed by atoms with Crippen LogP contribution < -0.4 is 15.0 Å². The molecule has 1 aromatic heterocycles. The Morgan fingerprint density at radius 3 is 2.42 bits per heavy atom. The second-order valence-electron chi connectivity index (χ2n) is 7.87. The van der Waals surface area contributed by atoms with Crippen LogP contribution in [0, 0.1) is 10.1 Å². The minimum absolute atomic E-state index is 0.0647. The van der Waals surface area contributed by atoms with Crippen molar-refractivity contribution in [2.75, 3.05) is 13.2 Å². The van der Waals surface area contributed by atoms with Crippen LogP contribution in [0.15, 0.2) is 34.6 Å². The quantitative estimate of drug-likeness (QED) is 0.168. The summed E-state index contributed by atoms with van der Waals surface area (Å²) >= 11 is 0. The van der Waals surface area contributed by atoms with Gasteiger partial charge in [-0.1, -0.05) is 44.6 Å². The van der Waals surface area contributed by atoms with Crippen molar-refractivity contribution in [3.05, 3.63) is 50.3 Å². The molecule has 7 heteroatoms. The summed E-state index contributed by atoms with van der Waals surface area (Å²) in [7, 11) is 0. The van der Waals surface area contributed by atoms with E-state index in [9.17, 15) is 14.9 Å². The lowest BCUT2D eigenvalue weighted by molar-refractivity contribution is -0.384. The zero-order valence-electron chi connectivity index (χ0n) is 19.1. The molecule has 0 spiro atoms. The highest BCUT2D eigenvalue weighted by molar-refractivity contribution is 5.89. The molecule has 0 fully saturated rings. The smallest absolute Gasteiger partial charge is 0.297 e. The third-order valence-electron chi connectivity index (χ3n) is 5.15. The van der Waals surface area contributed by atoms with Crippen LogP contribution in [0.4, 0.5) is 5.69 Å². The highest BCUT2D eigenvalue weighted by atomic mass is 16.6. The number of hydrogen-bond donors (Lipinski definition) is 0. The Kier molecular flexibility index (Phi) is 9.56. The summed E-state index contributed by atoms with van der Waals surface area (Å²) in [5.41, 5.74) is 1.18. The number of rotatable bonds is 13. The number of nitrogens with zero attached hydrogens (tertiary/aromatic N) is 2. The Bertz CT molecular complexity index is 974. The lowest BCUT2D eigenvalue weighted by Gasteiger charge is -2.17. The molecule has 0 saturated heterocycles. The van der Waals surface area contributed by atoms with Crippen molar-refractivity contribution >= 4 is 16.6 Å². The van der Waals surface area contributed by atoms with Crippen molar-refractivity contribution in [2.45, 2.75) is 72.8 Å². The normalized spacial score (nSPS) is 10.8. The maximum Gasteiger partial charge on any atom is 0.297 e. The number of hydrogen-bond acceptors (Lipinski definition) is 5. The first-order valence-electron chi connectivity index (χ1n) is 11.1. The molecular weight excluding hydrogens is 396 g/mol. The number of non-ortho nitro benzene ring substituents is 1. The molecule has 0 saturated carbocycles. The zero-order valence-corrected chi connectivity index (χ0v) is 19.1. The van der Waals surface area contributed by atoms with Crippen LogP contribution in [0.1, 0.15) is 66.2 Å². The highest BCUT2D eigenvalue weighted by Gasteiger charge is 2.21. The molecule has 0 bridgehead atoms. The monoisotopic (exact) mass is 430 g/mol. The van der Waals surface area contributed by atoms with Crippen molar-refractivity contribution in [1.82, 2.24) is 4.57 Å². The van der Waals surface area contributed by atoms with Crippen LogP contribution in [0.25, 0.3) is 10.9 Å². The van der Waals surface area contributed by atoms with Crippen LogP contribution in [-0.4, -0.2) is 22.7 Å². The summed E-state index contributed by atoms with van der Waals surface area (Å²) in [4.78, 5) is 24.0. The molecule has 170 valence electrons.